The number of benzene rings is 4. The van der Waals surface area contributed by atoms with Crippen molar-refractivity contribution in [1.82, 2.24) is 9.47 Å². The molecule has 4 aromatic carbocycles. The molecule has 0 amide bonds. The maximum Gasteiger partial charge on any atom is 0.135 e. The summed E-state index contributed by atoms with van der Waals surface area (Å²) in [6.45, 7) is 0. The highest BCUT2D eigenvalue weighted by molar-refractivity contribution is 6.06. The Hall–Kier alpha value is -6.52. The number of fused-ring (bicyclic) bond motifs is 17. The van der Waals surface area contributed by atoms with Crippen LogP contribution in [0.2, 0.25) is 0 Å². The van der Waals surface area contributed by atoms with Crippen LogP contribution in [0, 0.1) is 5.92 Å². The highest BCUT2D eigenvalue weighted by Crippen LogP contribution is 2.62. The second-order valence-corrected chi connectivity index (χ2v) is 17.6. The topological polar surface area (TPSA) is 30.5 Å². The molecule has 4 atom stereocenters. The molecule has 4 nitrogen and oxygen atoms in total. The SMILES string of the molecule is C1=C(c2ccc3c4c2c2c(n4C4=CC5=C(CC43)N3C4=CCCC=C4[C@H]4C(c6ccc7oc8ccccc8c7c6)=CC=C5C43)=CCCC=2)CC2C(=C1)Oc1ccccc12. The van der Waals surface area contributed by atoms with Gasteiger partial charge in [-0.2, -0.15) is 0 Å². The zero-order chi connectivity index (χ0) is 37.4. The van der Waals surface area contributed by atoms with Gasteiger partial charge in [0.2, 0.25) is 0 Å². The van der Waals surface area contributed by atoms with Gasteiger partial charge in [0, 0.05) is 79.1 Å². The van der Waals surface area contributed by atoms with Crippen LogP contribution in [0.3, 0.4) is 0 Å². The summed E-state index contributed by atoms with van der Waals surface area (Å²) >= 11 is 0. The molecule has 3 unspecified atom stereocenters. The normalized spacial score (nSPS) is 25.2. The lowest BCUT2D eigenvalue weighted by Gasteiger charge is -2.30. The van der Waals surface area contributed by atoms with Crippen molar-refractivity contribution in [3.63, 3.8) is 0 Å². The number of hydrogen-bond acceptors (Lipinski definition) is 3. The predicted octanol–water partition coefficient (Wildman–Crippen LogP) is 11.3. The molecule has 58 heavy (non-hydrogen) atoms. The van der Waals surface area contributed by atoms with Crippen molar-refractivity contribution in [2.45, 2.75) is 56.4 Å². The van der Waals surface area contributed by atoms with E-state index in [1.165, 1.54) is 99.5 Å². The predicted molar refractivity (Wildman–Crippen MR) is 233 cm³/mol. The van der Waals surface area contributed by atoms with Gasteiger partial charge in [0.05, 0.1) is 11.6 Å². The Morgan fingerprint density at radius 1 is 0.655 bits per heavy atom. The Kier molecular flexibility index (Phi) is 5.64. The lowest BCUT2D eigenvalue weighted by atomic mass is 9.75. The molecule has 2 aromatic heterocycles. The Labute approximate surface area is 335 Å². The summed E-state index contributed by atoms with van der Waals surface area (Å²) in [5.41, 5.74) is 20.5. The number of nitrogens with zero attached hydrogens (tertiary/aromatic N) is 2. The number of hydrogen-bond donors (Lipinski definition) is 0. The molecule has 5 aliphatic carbocycles. The summed E-state index contributed by atoms with van der Waals surface area (Å²) in [4.78, 5) is 2.79. The van der Waals surface area contributed by atoms with Crippen LogP contribution in [0.1, 0.15) is 72.6 Å². The minimum Gasteiger partial charge on any atom is -0.461 e. The second kappa shape index (κ2) is 10.7. The fourth-order valence-electron chi connectivity index (χ4n) is 12.6. The lowest BCUT2D eigenvalue weighted by molar-refractivity contribution is 0.386. The number of furan rings is 1. The third-order valence-electron chi connectivity index (χ3n) is 14.9. The van der Waals surface area contributed by atoms with Crippen molar-refractivity contribution in [1.29, 1.82) is 0 Å². The Bertz CT molecular complexity index is 3400. The van der Waals surface area contributed by atoms with Crippen LogP contribution in [0.4, 0.5) is 0 Å². The summed E-state index contributed by atoms with van der Waals surface area (Å²) < 4.78 is 15.3. The average Bonchev–Trinajstić information content (AvgIpc) is 4.12. The maximum absolute atomic E-state index is 6.32. The minimum absolute atomic E-state index is 0.277. The van der Waals surface area contributed by atoms with E-state index in [1.54, 1.807) is 0 Å². The molecule has 1 saturated heterocycles. The first-order chi connectivity index (χ1) is 28.8. The van der Waals surface area contributed by atoms with Crippen molar-refractivity contribution < 1.29 is 9.15 Å². The molecule has 6 heterocycles. The quantitative estimate of drug-likeness (QED) is 0.177. The molecule has 0 N–H and O–H groups in total. The largest absolute Gasteiger partial charge is 0.461 e. The van der Waals surface area contributed by atoms with Crippen molar-refractivity contribution in [3.8, 4) is 5.75 Å². The van der Waals surface area contributed by atoms with Gasteiger partial charge in [0.15, 0.2) is 0 Å². The smallest absolute Gasteiger partial charge is 0.135 e. The monoisotopic (exact) mass is 746 g/mol. The highest BCUT2D eigenvalue weighted by Gasteiger charge is 2.54. The highest BCUT2D eigenvalue weighted by atomic mass is 16.5. The van der Waals surface area contributed by atoms with Gasteiger partial charge in [-0.1, -0.05) is 97.1 Å². The van der Waals surface area contributed by atoms with E-state index >= 15 is 0 Å². The van der Waals surface area contributed by atoms with Gasteiger partial charge in [0.25, 0.3) is 0 Å². The first kappa shape index (κ1) is 30.6. The zero-order valence-corrected chi connectivity index (χ0v) is 32.0. The molecule has 15 rings (SSSR count). The van der Waals surface area contributed by atoms with Crippen LogP contribution in [-0.2, 0) is 0 Å². The van der Waals surface area contributed by atoms with Crippen LogP contribution in [0.25, 0.3) is 61.8 Å². The molecule has 6 aromatic rings. The van der Waals surface area contributed by atoms with Crippen LogP contribution in [0.5, 0.6) is 5.75 Å². The molecule has 0 radical (unpaired) electrons. The molecule has 276 valence electrons. The van der Waals surface area contributed by atoms with Crippen molar-refractivity contribution in [3.05, 3.63) is 188 Å². The summed E-state index contributed by atoms with van der Waals surface area (Å²) in [5.74, 6) is 2.99. The lowest BCUT2D eigenvalue weighted by Crippen LogP contribution is -2.32. The molecular formula is C54H38N2O2. The first-order valence-corrected chi connectivity index (χ1v) is 21.3. The number of para-hydroxylation sites is 2. The van der Waals surface area contributed by atoms with E-state index < -0.39 is 0 Å². The molecule has 1 fully saturated rings. The van der Waals surface area contributed by atoms with Gasteiger partial charge >= 0.3 is 0 Å². The Morgan fingerprint density at radius 3 is 2.52 bits per heavy atom. The molecule has 0 bridgehead atoms. The van der Waals surface area contributed by atoms with E-state index in [9.17, 15) is 0 Å². The molecule has 4 heteroatoms. The van der Waals surface area contributed by atoms with Gasteiger partial charge < -0.3 is 18.6 Å². The fourth-order valence-corrected chi connectivity index (χ4v) is 12.6. The third kappa shape index (κ3) is 3.69. The van der Waals surface area contributed by atoms with Crippen LogP contribution in [-0.4, -0.2) is 15.5 Å². The number of rotatable bonds is 2. The minimum atomic E-state index is 0.277. The van der Waals surface area contributed by atoms with Crippen molar-refractivity contribution >= 4 is 61.8 Å². The van der Waals surface area contributed by atoms with Gasteiger partial charge in [-0.25, -0.2) is 0 Å². The second-order valence-electron chi connectivity index (χ2n) is 17.6. The van der Waals surface area contributed by atoms with Gasteiger partial charge in [0.1, 0.15) is 22.7 Å². The van der Waals surface area contributed by atoms with Gasteiger partial charge in [-0.15, -0.1) is 0 Å². The molecule has 4 aliphatic heterocycles. The van der Waals surface area contributed by atoms with Crippen LogP contribution >= 0.6 is 0 Å². The molecule has 9 aliphatic rings. The maximum atomic E-state index is 6.32. The van der Waals surface area contributed by atoms with Crippen LogP contribution in [0.15, 0.2) is 160 Å². The van der Waals surface area contributed by atoms with Gasteiger partial charge in [-0.3, -0.25) is 0 Å². The standard InChI is InChI=1S/C54H38N2O2/c1-5-13-43-37(11-1)51-31(29-17-23-49-41(25-29)33-9-3-7-15-47(33)57-49)19-21-35-39-28-46-40(27-45(39)55(43)53(35)51)36-22-20-32(52-38-12-2-6-14-44(38)56(46)54(36)52)30-18-24-50-42(26-30)34-10-4-8-16-48(34)58-50/h3-4,7-25,28,40,42,51,53H,1-2,5-6,26-27H2/t40?,42?,51-,53?/m1/s1. The van der Waals surface area contributed by atoms with Crippen LogP contribution < -0.4 is 15.3 Å². The Balaban J connectivity index is 0.887. The number of allylic oxidation sites excluding steroid dienone is 12. The van der Waals surface area contributed by atoms with Gasteiger partial charge in [-0.05, 0) is 108 Å². The summed E-state index contributed by atoms with van der Waals surface area (Å²) in [7, 11) is 0. The van der Waals surface area contributed by atoms with Crippen molar-refractivity contribution in [2.75, 3.05) is 0 Å². The third-order valence-corrected chi connectivity index (χ3v) is 14.9. The summed E-state index contributed by atoms with van der Waals surface area (Å²) in [6, 6.07) is 29.1. The first-order valence-electron chi connectivity index (χ1n) is 21.3. The summed E-state index contributed by atoms with van der Waals surface area (Å²) in [6.07, 6.45) is 28.6. The van der Waals surface area contributed by atoms with E-state index in [0.29, 0.717) is 11.8 Å². The number of ether oxygens (including phenoxy) is 1. The Morgan fingerprint density at radius 2 is 1.52 bits per heavy atom. The van der Waals surface area contributed by atoms with E-state index in [0.717, 1.165) is 61.2 Å². The zero-order valence-electron chi connectivity index (χ0n) is 32.0. The molecule has 0 saturated carbocycles. The van der Waals surface area contributed by atoms with E-state index in [1.807, 2.05) is 0 Å². The van der Waals surface area contributed by atoms with Crippen molar-refractivity contribution in [2.24, 2.45) is 5.92 Å². The average molecular weight is 747 g/mol. The summed E-state index contributed by atoms with van der Waals surface area (Å²) in [5, 5.41) is 6.66. The van der Waals surface area contributed by atoms with E-state index in [2.05, 4.69) is 143 Å². The number of aromatic nitrogens is 1. The van der Waals surface area contributed by atoms with E-state index in [-0.39, 0.29) is 12.0 Å². The molecule has 0 spiro atoms. The molecular weight excluding hydrogens is 709 g/mol. The van der Waals surface area contributed by atoms with E-state index in [4.69, 9.17) is 9.15 Å². The fraction of sp³-hybridized carbons (Fsp3) is 0.185.